The first kappa shape index (κ1) is 19.5. The molecule has 0 amide bonds. The Morgan fingerprint density at radius 3 is 1.89 bits per heavy atom. The summed E-state index contributed by atoms with van der Waals surface area (Å²) in [4.78, 5) is 16.1. The SMILES string of the molecule is c1ccc(-c2ccc3ccc4ccc(-c5cccc(-n6nc7ccccc7n6)c5)nc4c3n2)nc1. The molecular weight excluding hydrogens is 432 g/mol. The first-order valence-corrected chi connectivity index (χ1v) is 11.4. The molecule has 35 heavy (non-hydrogen) atoms. The highest BCUT2D eigenvalue weighted by molar-refractivity contribution is 6.04. The topological polar surface area (TPSA) is 69.4 Å². The van der Waals surface area contributed by atoms with Crippen LogP contribution >= 0.6 is 0 Å². The van der Waals surface area contributed by atoms with Crippen LogP contribution in [0.15, 0.2) is 109 Å². The van der Waals surface area contributed by atoms with Crippen LogP contribution in [0.3, 0.4) is 0 Å². The summed E-state index contributed by atoms with van der Waals surface area (Å²) in [7, 11) is 0. The maximum Gasteiger partial charge on any atom is 0.113 e. The van der Waals surface area contributed by atoms with Crippen LogP contribution in [-0.4, -0.2) is 29.9 Å². The molecule has 6 nitrogen and oxygen atoms in total. The van der Waals surface area contributed by atoms with Gasteiger partial charge in [-0.05, 0) is 48.5 Å². The van der Waals surface area contributed by atoms with E-state index in [1.807, 2.05) is 66.7 Å². The molecule has 0 radical (unpaired) electrons. The molecule has 0 fully saturated rings. The number of rotatable bonds is 3. The number of aromatic nitrogens is 6. The molecule has 0 bridgehead atoms. The summed E-state index contributed by atoms with van der Waals surface area (Å²) < 4.78 is 0. The summed E-state index contributed by atoms with van der Waals surface area (Å²) in [5.41, 5.74) is 7.87. The highest BCUT2D eigenvalue weighted by Crippen LogP contribution is 2.29. The van der Waals surface area contributed by atoms with Crippen molar-refractivity contribution in [2.45, 2.75) is 0 Å². The van der Waals surface area contributed by atoms with Gasteiger partial charge in [-0.1, -0.05) is 54.6 Å². The summed E-state index contributed by atoms with van der Waals surface area (Å²) in [5, 5.41) is 11.3. The minimum Gasteiger partial charge on any atom is -0.255 e. The Labute approximate surface area is 200 Å². The number of fused-ring (bicyclic) bond motifs is 4. The monoisotopic (exact) mass is 450 g/mol. The third kappa shape index (κ3) is 3.40. The highest BCUT2D eigenvalue weighted by atomic mass is 15.5. The average molecular weight is 451 g/mol. The molecule has 0 saturated heterocycles. The summed E-state index contributed by atoms with van der Waals surface area (Å²) in [6, 6.07) is 34.2. The molecular formula is C29H18N6. The number of benzene rings is 3. The second-order valence-corrected chi connectivity index (χ2v) is 8.35. The van der Waals surface area contributed by atoms with E-state index in [9.17, 15) is 0 Å². The van der Waals surface area contributed by atoms with E-state index in [0.717, 1.165) is 61.2 Å². The lowest BCUT2D eigenvalue weighted by Crippen LogP contribution is -1.99. The van der Waals surface area contributed by atoms with Crippen molar-refractivity contribution >= 4 is 32.8 Å². The summed E-state index contributed by atoms with van der Waals surface area (Å²) in [6.45, 7) is 0. The van der Waals surface area contributed by atoms with Crippen LogP contribution in [0.25, 0.3) is 61.2 Å². The number of pyridine rings is 3. The maximum absolute atomic E-state index is 5.05. The largest absolute Gasteiger partial charge is 0.255 e. The van der Waals surface area contributed by atoms with Gasteiger partial charge in [0.1, 0.15) is 11.0 Å². The van der Waals surface area contributed by atoms with Gasteiger partial charge in [-0.25, -0.2) is 9.97 Å². The van der Waals surface area contributed by atoms with Crippen LogP contribution in [0.2, 0.25) is 0 Å². The zero-order valence-corrected chi connectivity index (χ0v) is 18.6. The third-order valence-corrected chi connectivity index (χ3v) is 6.11. The Balaban J connectivity index is 1.36. The first-order chi connectivity index (χ1) is 17.3. The molecule has 0 aliphatic heterocycles. The van der Waals surface area contributed by atoms with Crippen LogP contribution in [0.4, 0.5) is 0 Å². The molecule has 0 spiro atoms. The van der Waals surface area contributed by atoms with E-state index in [2.05, 4.69) is 51.6 Å². The summed E-state index contributed by atoms with van der Waals surface area (Å²) >= 11 is 0. The minimum atomic E-state index is 0.830. The van der Waals surface area contributed by atoms with E-state index >= 15 is 0 Å². The van der Waals surface area contributed by atoms with Gasteiger partial charge in [-0.3, -0.25) is 4.98 Å². The van der Waals surface area contributed by atoms with Gasteiger partial charge in [0.25, 0.3) is 0 Å². The van der Waals surface area contributed by atoms with Crippen LogP contribution in [-0.2, 0) is 0 Å². The Bertz CT molecular complexity index is 1820. The van der Waals surface area contributed by atoms with Crippen molar-refractivity contribution in [3.63, 3.8) is 0 Å². The summed E-state index contributed by atoms with van der Waals surface area (Å²) in [5.74, 6) is 0. The second-order valence-electron chi connectivity index (χ2n) is 8.35. The van der Waals surface area contributed by atoms with Gasteiger partial charge in [0.05, 0.1) is 33.8 Å². The molecule has 0 atom stereocenters. The van der Waals surface area contributed by atoms with Gasteiger partial charge in [-0.2, -0.15) is 4.80 Å². The van der Waals surface area contributed by atoms with E-state index in [4.69, 9.17) is 9.97 Å². The number of nitrogens with zero attached hydrogens (tertiary/aromatic N) is 6. The van der Waals surface area contributed by atoms with E-state index in [-0.39, 0.29) is 0 Å². The molecule has 3 aromatic carbocycles. The Hall–Kier alpha value is -4.97. The average Bonchev–Trinajstić information content (AvgIpc) is 3.38. The van der Waals surface area contributed by atoms with Crippen molar-refractivity contribution in [3.05, 3.63) is 109 Å². The number of hydrogen-bond acceptors (Lipinski definition) is 5. The van der Waals surface area contributed by atoms with Crippen LogP contribution in [0.5, 0.6) is 0 Å². The van der Waals surface area contributed by atoms with E-state index in [0.29, 0.717) is 0 Å². The summed E-state index contributed by atoms with van der Waals surface area (Å²) in [6.07, 6.45) is 1.78. The molecule has 7 rings (SSSR count). The first-order valence-electron chi connectivity index (χ1n) is 11.4. The second kappa shape index (κ2) is 7.81. The van der Waals surface area contributed by atoms with Crippen LogP contribution in [0, 0.1) is 0 Å². The molecule has 6 heteroatoms. The lowest BCUT2D eigenvalue weighted by Gasteiger charge is -2.08. The molecule has 7 aromatic rings. The fourth-order valence-corrected chi connectivity index (χ4v) is 4.35. The molecule has 0 N–H and O–H groups in total. The zero-order chi connectivity index (χ0) is 23.2. The molecule has 4 aromatic heterocycles. The van der Waals surface area contributed by atoms with E-state index < -0.39 is 0 Å². The Morgan fingerprint density at radius 1 is 0.514 bits per heavy atom. The van der Waals surface area contributed by atoms with Crippen molar-refractivity contribution in [2.24, 2.45) is 0 Å². The lowest BCUT2D eigenvalue weighted by atomic mass is 10.1. The Kier molecular flexibility index (Phi) is 4.35. The number of hydrogen-bond donors (Lipinski definition) is 0. The van der Waals surface area contributed by atoms with Crippen molar-refractivity contribution in [1.82, 2.24) is 29.9 Å². The van der Waals surface area contributed by atoms with Gasteiger partial charge in [0, 0.05) is 22.5 Å². The normalized spacial score (nSPS) is 11.4. The molecule has 0 unspecified atom stereocenters. The standard InChI is InChI=1S/C29H18N6/c1-2-10-27-26(9-1)33-35(34-27)22-7-5-6-21(18-22)23-15-13-19-11-12-20-14-16-25(24-8-3-4-17-30-24)32-29(20)28(19)31-23/h1-18H. The van der Waals surface area contributed by atoms with Crippen molar-refractivity contribution in [3.8, 4) is 28.3 Å². The predicted molar refractivity (Wildman–Crippen MR) is 138 cm³/mol. The zero-order valence-electron chi connectivity index (χ0n) is 18.6. The fourth-order valence-electron chi connectivity index (χ4n) is 4.35. The van der Waals surface area contributed by atoms with E-state index in [1.54, 1.807) is 11.0 Å². The molecule has 0 saturated carbocycles. The van der Waals surface area contributed by atoms with Crippen molar-refractivity contribution < 1.29 is 0 Å². The Morgan fingerprint density at radius 2 is 1.17 bits per heavy atom. The van der Waals surface area contributed by atoms with Gasteiger partial charge < -0.3 is 0 Å². The third-order valence-electron chi connectivity index (χ3n) is 6.11. The quantitative estimate of drug-likeness (QED) is 0.298. The van der Waals surface area contributed by atoms with Crippen LogP contribution < -0.4 is 0 Å². The predicted octanol–water partition coefficient (Wildman–Crippen LogP) is 6.25. The van der Waals surface area contributed by atoms with Gasteiger partial charge >= 0.3 is 0 Å². The van der Waals surface area contributed by atoms with Gasteiger partial charge in [-0.15, -0.1) is 10.2 Å². The minimum absolute atomic E-state index is 0.830. The smallest absolute Gasteiger partial charge is 0.113 e. The lowest BCUT2D eigenvalue weighted by molar-refractivity contribution is 0.766. The van der Waals surface area contributed by atoms with Gasteiger partial charge in [0.15, 0.2) is 0 Å². The molecule has 0 aliphatic carbocycles. The van der Waals surface area contributed by atoms with Gasteiger partial charge in [0.2, 0.25) is 0 Å². The van der Waals surface area contributed by atoms with Crippen molar-refractivity contribution in [1.29, 1.82) is 0 Å². The van der Waals surface area contributed by atoms with E-state index in [1.165, 1.54) is 0 Å². The van der Waals surface area contributed by atoms with Crippen LogP contribution in [0.1, 0.15) is 0 Å². The highest BCUT2D eigenvalue weighted by Gasteiger charge is 2.10. The molecule has 0 aliphatic rings. The molecule has 4 heterocycles. The van der Waals surface area contributed by atoms with Crippen molar-refractivity contribution in [2.75, 3.05) is 0 Å². The molecule has 164 valence electrons. The fraction of sp³-hybridized carbons (Fsp3) is 0. The maximum atomic E-state index is 5.05.